The zero-order valence-electron chi connectivity index (χ0n) is 10.6. The summed E-state index contributed by atoms with van der Waals surface area (Å²) in [5, 5.41) is 20.3. The molecule has 104 valence electrons. The van der Waals surface area contributed by atoms with Crippen molar-refractivity contribution in [2.45, 2.75) is 0 Å². The standard InChI is InChI=1S/C14H9N3O4/c18-14(19)12-8(4-3-7-11(12)17(20)21)13-15-9-5-1-2-6-10(9)16-13/h1-7H,(H,15,16)(H,18,19). The van der Waals surface area contributed by atoms with Crippen molar-refractivity contribution < 1.29 is 14.8 Å². The molecule has 0 atom stereocenters. The summed E-state index contributed by atoms with van der Waals surface area (Å²) in [6, 6.07) is 11.3. The van der Waals surface area contributed by atoms with Crippen molar-refractivity contribution in [2.24, 2.45) is 0 Å². The van der Waals surface area contributed by atoms with Gasteiger partial charge >= 0.3 is 5.97 Å². The molecule has 0 bridgehead atoms. The van der Waals surface area contributed by atoms with Crippen LogP contribution in [0.15, 0.2) is 42.5 Å². The van der Waals surface area contributed by atoms with Crippen LogP contribution in [0, 0.1) is 10.1 Å². The molecule has 2 N–H and O–H groups in total. The van der Waals surface area contributed by atoms with Crippen molar-refractivity contribution in [3.8, 4) is 11.4 Å². The SMILES string of the molecule is O=C(O)c1c(-c2nc3ccccc3[nH]2)cccc1[N+](=O)[O-]. The summed E-state index contributed by atoms with van der Waals surface area (Å²) in [6.45, 7) is 0. The third-order valence-corrected chi connectivity index (χ3v) is 3.10. The molecule has 0 spiro atoms. The van der Waals surface area contributed by atoms with Gasteiger partial charge in [-0.25, -0.2) is 9.78 Å². The minimum atomic E-state index is -1.36. The highest BCUT2D eigenvalue weighted by molar-refractivity contribution is 6.00. The Hall–Kier alpha value is -3.22. The minimum absolute atomic E-state index is 0.188. The van der Waals surface area contributed by atoms with E-state index in [0.717, 1.165) is 11.6 Å². The number of nitro benzene ring substituents is 1. The number of aromatic amines is 1. The number of benzene rings is 2. The van der Waals surface area contributed by atoms with Crippen LogP contribution in [-0.2, 0) is 0 Å². The molecule has 0 aliphatic carbocycles. The number of carboxylic acid groups (broad SMARTS) is 1. The fraction of sp³-hybridized carbons (Fsp3) is 0. The molecule has 7 nitrogen and oxygen atoms in total. The highest BCUT2D eigenvalue weighted by Gasteiger charge is 2.25. The lowest BCUT2D eigenvalue weighted by molar-refractivity contribution is -0.385. The summed E-state index contributed by atoms with van der Waals surface area (Å²) >= 11 is 0. The van der Waals surface area contributed by atoms with Gasteiger partial charge in [0.05, 0.1) is 16.0 Å². The number of fused-ring (bicyclic) bond motifs is 1. The van der Waals surface area contributed by atoms with Crippen LogP contribution in [0.1, 0.15) is 10.4 Å². The number of aromatic carboxylic acids is 1. The van der Waals surface area contributed by atoms with E-state index in [0.29, 0.717) is 5.52 Å². The van der Waals surface area contributed by atoms with E-state index in [1.165, 1.54) is 12.1 Å². The Morgan fingerprint density at radius 2 is 1.95 bits per heavy atom. The van der Waals surface area contributed by atoms with Crippen molar-refractivity contribution in [1.82, 2.24) is 9.97 Å². The smallest absolute Gasteiger partial charge is 0.343 e. The molecular weight excluding hydrogens is 274 g/mol. The maximum atomic E-state index is 11.4. The first-order valence-electron chi connectivity index (χ1n) is 6.04. The second-order valence-electron chi connectivity index (χ2n) is 4.36. The Kier molecular flexibility index (Phi) is 2.87. The molecule has 21 heavy (non-hydrogen) atoms. The number of hydrogen-bond acceptors (Lipinski definition) is 4. The normalized spacial score (nSPS) is 10.7. The van der Waals surface area contributed by atoms with Gasteiger partial charge in [0.25, 0.3) is 5.69 Å². The molecule has 0 radical (unpaired) electrons. The van der Waals surface area contributed by atoms with E-state index >= 15 is 0 Å². The molecule has 0 aliphatic rings. The first-order chi connectivity index (χ1) is 10.1. The number of nitrogens with one attached hydrogen (secondary N) is 1. The number of para-hydroxylation sites is 2. The van der Waals surface area contributed by atoms with Gasteiger partial charge in [0.15, 0.2) is 0 Å². The van der Waals surface area contributed by atoms with E-state index in [9.17, 15) is 20.0 Å². The van der Waals surface area contributed by atoms with Crippen LogP contribution in [0.2, 0.25) is 0 Å². The van der Waals surface area contributed by atoms with Gasteiger partial charge in [-0.3, -0.25) is 10.1 Å². The number of rotatable bonds is 3. The summed E-state index contributed by atoms with van der Waals surface area (Å²) in [4.78, 5) is 28.9. The number of imidazole rings is 1. The molecule has 7 heteroatoms. The van der Waals surface area contributed by atoms with Crippen LogP contribution in [0.3, 0.4) is 0 Å². The molecule has 0 saturated carbocycles. The summed E-state index contributed by atoms with van der Waals surface area (Å²) in [5.74, 6) is -1.07. The predicted octanol–water partition coefficient (Wildman–Crippen LogP) is 2.84. The molecule has 1 heterocycles. The largest absolute Gasteiger partial charge is 0.477 e. The summed E-state index contributed by atoms with van der Waals surface area (Å²) in [5.41, 5.74) is 0.751. The Labute approximate surface area is 118 Å². The van der Waals surface area contributed by atoms with Crippen LogP contribution in [0.4, 0.5) is 5.69 Å². The lowest BCUT2D eigenvalue weighted by atomic mass is 10.1. The van der Waals surface area contributed by atoms with Crippen molar-refractivity contribution in [3.05, 3.63) is 58.1 Å². The van der Waals surface area contributed by atoms with Gasteiger partial charge < -0.3 is 10.1 Å². The van der Waals surface area contributed by atoms with Crippen LogP contribution in [0.5, 0.6) is 0 Å². The number of hydrogen-bond donors (Lipinski definition) is 2. The van der Waals surface area contributed by atoms with Crippen LogP contribution in [0.25, 0.3) is 22.4 Å². The quantitative estimate of drug-likeness (QED) is 0.567. The van der Waals surface area contributed by atoms with Crippen molar-refractivity contribution in [1.29, 1.82) is 0 Å². The molecule has 2 aromatic carbocycles. The van der Waals surface area contributed by atoms with E-state index in [1.54, 1.807) is 18.2 Å². The average Bonchev–Trinajstić information content (AvgIpc) is 2.90. The topological polar surface area (TPSA) is 109 Å². The lowest BCUT2D eigenvalue weighted by Gasteiger charge is -2.03. The number of nitrogens with zero attached hydrogens (tertiary/aromatic N) is 2. The number of nitro groups is 1. The monoisotopic (exact) mass is 283 g/mol. The Bertz CT molecular complexity index is 837. The van der Waals surface area contributed by atoms with Gasteiger partial charge in [0.1, 0.15) is 11.4 Å². The van der Waals surface area contributed by atoms with E-state index in [2.05, 4.69) is 9.97 Å². The van der Waals surface area contributed by atoms with Gasteiger partial charge in [-0.2, -0.15) is 0 Å². The second-order valence-corrected chi connectivity index (χ2v) is 4.36. The third-order valence-electron chi connectivity index (χ3n) is 3.10. The van der Waals surface area contributed by atoms with Gasteiger partial charge in [-0.1, -0.05) is 18.2 Å². The Balaban J connectivity index is 2.28. The van der Waals surface area contributed by atoms with Gasteiger partial charge in [-0.15, -0.1) is 0 Å². The third kappa shape index (κ3) is 2.10. The van der Waals surface area contributed by atoms with Crippen molar-refractivity contribution >= 4 is 22.7 Å². The molecule has 3 aromatic rings. The number of carbonyl (C=O) groups is 1. The Morgan fingerprint density at radius 3 is 2.62 bits per heavy atom. The zero-order valence-corrected chi connectivity index (χ0v) is 10.6. The maximum Gasteiger partial charge on any atom is 0.343 e. The van der Waals surface area contributed by atoms with E-state index in [4.69, 9.17) is 0 Å². The summed E-state index contributed by atoms with van der Waals surface area (Å²) < 4.78 is 0. The lowest BCUT2D eigenvalue weighted by Crippen LogP contribution is -2.05. The predicted molar refractivity (Wildman–Crippen MR) is 75.1 cm³/mol. The van der Waals surface area contributed by atoms with Crippen LogP contribution in [-0.4, -0.2) is 26.0 Å². The van der Waals surface area contributed by atoms with E-state index < -0.39 is 16.6 Å². The second kappa shape index (κ2) is 4.71. The molecule has 0 amide bonds. The van der Waals surface area contributed by atoms with Crippen LogP contribution < -0.4 is 0 Å². The highest BCUT2D eigenvalue weighted by Crippen LogP contribution is 2.30. The minimum Gasteiger partial charge on any atom is -0.477 e. The summed E-state index contributed by atoms with van der Waals surface area (Å²) in [7, 11) is 0. The number of H-pyrrole nitrogens is 1. The van der Waals surface area contributed by atoms with Crippen molar-refractivity contribution in [2.75, 3.05) is 0 Å². The van der Waals surface area contributed by atoms with Crippen LogP contribution >= 0.6 is 0 Å². The molecule has 0 aliphatic heterocycles. The highest BCUT2D eigenvalue weighted by atomic mass is 16.6. The molecule has 1 aromatic heterocycles. The van der Waals surface area contributed by atoms with E-state index in [-0.39, 0.29) is 17.0 Å². The van der Waals surface area contributed by atoms with Gasteiger partial charge in [0, 0.05) is 11.6 Å². The van der Waals surface area contributed by atoms with Crippen molar-refractivity contribution in [3.63, 3.8) is 0 Å². The fourth-order valence-electron chi connectivity index (χ4n) is 2.19. The first kappa shape index (κ1) is 12.8. The first-order valence-corrected chi connectivity index (χ1v) is 6.04. The zero-order chi connectivity index (χ0) is 15.0. The van der Waals surface area contributed by atoms with Gasteiger partial charge in [-0.05, 0) is 18.2 Å². The Morgan fingerprint density at radius 1 is 1.19 bits per heavy atom. The molecule has 0 saturated heterocycles. The molecule has 0 fully saturated rings. The molecule has 0 unspecified atom stereocenters. The van der Waals surface area contributed by atoms with E-state index in [1.807, 2.05) is 6.07 Å². The maximum absolute atomic E-state index is 11.4. The summed E-state index contributed by atoms with van der Waals surface area (Å²) in [6.07, 6.45) is 0. The molecule has 3 rings (SSSR count). The average molecular weight is 283 g/mol. The number of aromatic nitrogens is 2. The molecular formula is C14H9N3O4. The van der Waals surface area contributed by atoms with Gasteiger partial charge in [0.2, 0.25) is 0 Å². The number of carboxylic acids is 1. The fourth-order valence-corrected chi connectivity index (χ4v) is 2.19.